The number of rotatable bonds is 4. The van der Waals surface area contributed by atoms with Crippen molar-refractivity contribution in [2.75, 3.05) is 0 Å². The van der Waals surface area contributed by atoms with Gasteiger partial charge < -0.3 is 0 Å². The molecule has 1 fully saturated rings. The predicted molar refractivity (Wildman–Crippen MR) is 69.5 cm³/mol. The van der Waals surface area contributed by atoms with Crippen LogP contribution in [0.4, 0.5) is 0 Å². The number of hydrogen-bond donors (Lipinski definition) is 1. The molecule has 1 aliphatic rings. The van der Waals surface area contributed by atoms with Crippen LogP contribution in [0.25, 0.3) is 0 Å². The smallest absolute Gasteiger partial charge is 0.113 e. The molecule has 0 amide bonds. The van der Waals surface area contributed by atoms with Crippen molar-refractivity contribution in [1.82, 2.24) is 5.32 Å². The summed E-state index contributed by atoms with van der Waals surface area (Å²) in [5.74, 6) is 0. The van der Waals surface area contributed by atoms with E-state index in [1.165, 1.54) is 5.56 Å². The van der Waals surface area contributed by atoms with Gasteiger partial charge in [0, 0.05) is 11.5 Å². The summed E-state index contributed by atoms with van der Waals surface area (Å²) in [5, 5.41) is 12.8. The maximum atomic E-state index is 9.41. The van der Waals surface area contributed by atoms with Crippen molar-refractivity contribution < 1.29 is 0 Å². The highest BCUT2D eigenvalue weighted by Gasteiger charge is 2.65. The van der Waals surface area contributed by atoms with Gasteiger partial charge in [-0.3, -0.25) is 5.32 Å². The molecule has 1 saturated carbocycles. The van der Waals surface area contributed by atoms with Gasteiger partial charge in [0.2, 0.25) is 0 Å². The largest absolute Gasteiger partial charge is 0.297 e. The molecule has 90 valence electrons. The van der Waals surface area contributed by atoms with Gasteiger partial charge >= 0.3 is 0 Å². The zero-order valence-corrected chi connectivity index (χ0v) is 10.8. The third-order valence-corrected chi connectivity index (χ3v) is 3.72. The highest BCUT2D eigenvalue weighted by molar-refractivity contribution is 5.34. The minimum absolute atomic E-state index is 0.0768. The fourth-order valence-electron chi connectivity index (χ4n) is 2.73. The maximum Gasteiger partial charge on any atom is 0.113 e. The molecule has 0 unspecified atom stereocenters. The summed E-state index contributed by atoms with van der Waals surface area (Å²) >= 11 is 0. The Morgan fingerprint density at radius 2 is 2.00 bits per heavy atom. The first-order valence-corrected chi connectivity index (χ1v) is 6.24. The topological polar surface area (TPSA) is 35.8 Å². The summed E-state index contributed by atoms with van der Waals surface area (Å²) in [7, 11) is 0. The molecule has 2 heteroatoms. The fourth-order valence-corrected chi connectivity index (χ4v) is 2.73. The third-order valence-electron chi connectivity index (χ3n) is 3.72. The molecule has 0 spiro atoms. The van der Waals surface area contributed by atoms with Crippen LogP contribution in [0.3, 0.4) is 0 Å². The van der Waals surface area contributed by atoms with Crippen molar-refractivity contribution in [1.29, 1.82) is 5.26 Å². The Bertz CT molecular complexity index is 432. The van der Waals surface area contributed by atoms with Crippen LogP contribution in [0, 0.1) is 16.7 Å². The fraction of sp³-hybridized carbons (Fsp3) is 0.533. The Hall–Kier alpha value is -1.33. The second kappa shape index (κ2) is 4.16. The molecule has 17 heavy (non-hydrogen) atoms. The van der Waals surface area contributed by atoms with Gasteiger partial charge in [0.05, 0.1) is 6.07 Å². The van der Waals surface area contributed by atoms with Crippen molar-refractivity contribution >= 4 is 0 Å². The molecule has 2 nitrogen and oxygen atoms in total. The SMILES string of the molecule is CC(C)N[C@@]1(C#N)C[C@@]1(C)Cc1ccccc1. The first-order valence-electron chi connectivity index (χ1n) is 6.24. The molecule has 1 N–H and O–H groups in total. The summed E-state index contributed by atoms with van der Waals surface area (Å²) in [5.41, 5.74) is 1.07. The molecule has 2 atom stereocenters. The summed E-state index contributed by atoms with van der Waals surface area (Å²) in [4.78, 5) is 0. The second-order valence-corrected chi connectivity index (χ2v) is 5.72. The van der Waals surface area contributed by atoms with E-state index in [0.29, 0.717) is 6.04 Å². The minimum Gasteiger partial charge on any atom is -0.297 e. The van der Waals surface area contributed by atoms with E-state index in [0.717, 1.165) is 12.8 Å². The zero-order valence-electron chi connectivity index (χ0n) is 10.8. The van der Waals surface area contributed by atoms with Crippen LogP contribution >= 0.6 is 0 Å². The van der Waals surface area contributed by atoms with Crippen LogP contribution in [0.15, 0.2) is 30.3 Å². The van der Waals surface area contributed by atoms with Gasteiger partial charge in [-0.1, -0.05) is 37.3 Å². The van der Waals surface area contributed by atoms with E-state index in [-0.39, 0.29) is 11.0 Å². The van der Waals surface area contributed by atoms with E-state index in [2.05, 4.69) is 56.4 Å². The van der Waals surface area contributed by atoms with Crippen LogP contribution in [-0.2, 0) is 6.42 Å². The van der Waals surface area contributed by atoms with Crippen molar-refractivity contribution in [3.05, 3.63) is 35.9 Å². The van der Waals surface area contributed by atoms with Crippen molar-refractivity contribution in [2.24, 2.45) is 5.41 Å². The van der Waals surface area contributed by atoms with Gasteiger partial charge in [0.15, 0.2) is 0 Å². The molecular weight excluding hydrogens is 208 g/mol. The van der Waals surface area contributed by atoms with Crippen LogP contribution in [-0.4, -0.2) is 11.6 Å². The summed E-state index contributed by atoms with van der Waals surface area (Å²) in [6, 6.07) is 13.3. The quantitative estimate of drug-likeness (QED) is 0.860. The van der Waals surface area contributed by atoms with Crippen LogP contribution in [0.1, 0.15) is 32.8 Å². The van der Waals surface area contributed by atoms with E-state index in [9.17, 15) is 5.26 Å². The first kappa shape index (κ1) is 12.1. The van der Waals surface area contributed by atoms with E-state index >= 15 is 0 Å². The molecule has 1 aromatic rings. The lowest BCUT2D eigenvalue weighted by molar-refractivity contribution is 0.409. The average Bonchev–Trinajstić information content (AvgIpc) is 2.83. The van der Waals surface area contributed by atoms with Crippen LogP contribution in [0.5, 0.6) is 0 Å². The monoisotopic (exact) mass is 228 g/mol. The molecule has 0 radical (unpaired) electrons. The molecule has 0 aliphatic heterocycles. The molecule has 0 heterocycles. The zero-order chi connectivity index (χ0) is 12.5. The lowest BCUT2D eigenvalue weighted by Gasteiger charge is -2.20. The Balaban J connectivity index is 2.11. The van der Waals surface area contributed by atoms with E-state index < -0.39 is 0 Å². The van der Waals surface area contributed by atoms with Crippen LogP contribution in [0.2, 0.25) is 0 Å². The molecule has 1 aliphatic carbocycles. The van der Waals surface area contributed by atoms with Gasteiger partial charge in [-0.25, -0.2) is 0 Å². The average molecular weight is 228 g/mol. The van der Waals surface area contributed by atoms with Crippen molar-refractivity contribution in [3.63, 3.8) is 0 Å². The highest BCUT2D eigenvalue weighted by atomic mass is 15.1. The highest BCUT2D eigenvalue weighted by Crippen LogP contribution is 2.57. The predicted octanol–water partition coefficient (Wildman–Crippen LogP) is 2.90. The summed E-state index contributed by atoms with van der Waals surface area (Å²) < 4.78 is 0. The van der Waals surface area contributed by atoms with E-state index in [1.54, 1.807) is 0 Å². The minimum atomic E-state index is -0.322. The molecule has 1 aromatic carbocycles. The van der Waals surface area contributed by atoms with E-state index in [1.807, 2.05) is 6.07 Å². The summed E-state index contributed by atoms with van der Waals surface area (Å²) in [6.07, 6.45) is 1.92. The summed E-state index contributed by atoms with van der Waals surface area (Å²) in [6.45, 7) is 6.40. The standard InChI is InChI=1S/C15H20N2/c1-12(2)17-15(11-16)10-14(15,3)9-13-7-5-4-6-8-13/h4-8,12,17H,9-10H2,1-3H3/t14-,15-/m1/s1. The van der Waals surface area contributed by atoms with Crippen molar-refractivity contribution in [2.45, 2.75) is 45.2 Å². The number of nitriles is 1. The molecule has 0 bridgehead atoms. The number of hydrogen-bond acceptors (Lipinski definition) is 2. The van der Waals surface area contributed by atoms with Gasteiger partial charge in [0.25, 0.3) is 0 Å². The van der Waals surface area contributed by atoms with Gasteiger partial charge in [-0.15, -0.1) is 0 Å². The maximum absolute atomic E-state index is 9.41. The lowest BCUT2D eigenvalue weighted by Crippen LogP contribution is -2.40. The third kappa shape index (κ3) is 2.21. The number of nitrogens with zero attached hydrogens (tertiary/aromatic N) is 1. The van der Waals surface area contributed by atoms with Crippen molar-refractivity contribution in [3.8, 4) is 6.07 Å². The number of nitrogens with one attached hydrogen (secondary N) is 1. The normalized spacial score (nSPS) is 31.2. The molecule has 2 rings (SSSR count). The Kier molecular flexibility index (Phi) is 2.97. The Morgan fingerprint density at radius 3 is 2.53 bits per heavy atom. The first-order chi connectivity index (χ1) is 8.01. The lowest BCUT2D eigenvalue weighted by atomic mass is 9.93. The molecule has 0 saturated heterocycles. The Labute approximate surface area is 104 Å². The van der Waals surface area contributed by atoms with E-state index in [4.69, 9.17) is 0 Å². The van der Waals surface area contributed by atoms with Gasteiger partial charge in [-0.05, 0) is 32.3 Å². The number of benzene rings is 1. The van der Waals surface area contributed by atoms with Crippen LogP contribution < -0.4 is 5.32 Å². The second-order valence-electron chi connectivity index (χ2n) is 5.72. The van der Waals surface area contributed by atoms with Gasteiger partial charge in [-0.2, -0.15) is 5.26 Å². The molecule has 0 aromatic heterocycles. The molecular formula is C15H20N2. The Morgan fingerprint density at radius 1 is 1.35 bits per heavy atom. The van der Waals surface area contributed by atoms with Gasteiger partial charge in [0.1, 0.15) is 5.54 Å².